The lowest BCUT2D eigenvalue weighted by atomic mass is 9.84. The van der Waals surface area contributed by atoms with Crippen LogP contribution in [0.15, 0.2) is 60.7 Å². The van der Waals surface area contributed by atoms with Crippen LogP contribution in [-0.4, -0.2) is 53.2 Å². The van der Waals surface area contributed by atoms with Crippen molar-refractivity contribution in [1.29, 1.82) is 0 Å². The van der Waals surface area contributed by atoms with Crippen LogP contribution in [0.3, 0.4) is 0 Å². The molecule has 2 fully saturated rings. The van der Waals surface area contributed by atoms with Crippen molar-refractivity contribution in [3.8, 4) is 0 Å². The maximum atomic E-state index is 13.4. The van der Waals surface area contributed by atoms with Crippen LogP contribution in [0.4, 0.5) is 0 Å². The van der Waals surface area contributed by atoms with Gasteiger partial charge >= 0.3 is 11.9 Å². The van der Waals surface area contributed by atoms with E-state index in [2.05, 4.69) is 34.1 Å². The molecule has 4 rings (SSSR count). The van der Waals surface area contributed by atoms with Crippen molar-refractivity contribution in [3.63, 3.8) is 0 Å². The fourth-order valence-electron chi connectivity index (χ4n) is 5.43. The summed E-state index contributed by atoms with van der Waals surface area (Å²) in [6.07, 6.45) is 0.0707. The number of benzene rings is 2. The number of carbonyl (C=O) groups excluding carboxylic acids is 2. The second-order valence-corrected chi connectivity index (χ2v) is 10.3. The summed E-state index contributed by atoms with van der Waals surface area (Å²) in [4.78, 5) is 31.1. The van der Waals surface area contributed by atoms with E-state index in [4.69, 9.17) is 9.47 Å². The number of fused-ring (bicyclic) bond motifs is 1. The lowest BCUT2D eigenvalue weighted by Crippen LogP contribution is -2.49. The van der Waals surface area contributed by atoms with Crippen molar-refractivity contribution < 1.29 is 19.1 Å². The second kappa shape index (κ2) is 8.92. The Morgan fingerprint density at radius 2 is 1.64 bits per heavy atom. The molecular weight excluding hydrogens is 416 g/mol. The number of hydrogen-bond donors (Lipinski definition) is 0. The minimum atomic E-state index is -0.866. The molecule has 0 bridgehead atoms. The first-order valence-corrected chi connectivity index (χ1v) is 11.6. The van der Waals surface area contributed by atoms with Crippen LogP contribution in [-0.2, 0) is 25.6 Å². The van der Waals surface area contributed by atoms with Gasteiger partial charge in [-0.2, -0.15) is 0 Å². The van der Waals surface area contributed by atoms with Crippen LogP contribution in [0.5, 0.6) is 0 Å². The zero-order valence-electron chi connectivity index (χ0n) is 20.2. The predicted octanol–water partition coefficient (Wildman–Crippen LogP) is 4.16. The van der Waals surface area contributed by atoms with Gasteiger partial charge in [0.05, 0.1) is 18.7 Å². The molecule has 176 valence electrons. The minimum absolute atomic E-state index is 0.0380. The molecule has 33 heavy (non-hydrogen) atoms. The summed E-state index contributed by atoms with van der Waals surface area (Å²) in [6.45, 7) is 8.92. The van der Waals surface area contributed by atoms with Gasteiger partial charge < -0.3 is 9.47 Å². The number of hydrogen-bond acceptors (Lipinski definition) is 6. The van der Waals surface area contributed by atoms with Crippen molar-refractivity contribution in [2.75, 3.05) is 13.7 Å². The Bertz CT molecular complexity index is 988. The fraction of sp³-hybridized carbons (Fsp3) is 0.481. The largest absolute Gasteiger partial charge is 0.469 e. The van der Waals surface area contributed by atoms with Gasteiger partial charge in [0.25, 0.3) is 0 Å². The second-order valence-electron chi connectivity index (χ2n) is 10.3. The van der Waals surface area contributed by atoms with Crippen LogP contribution in [0.2, 0.25) is 0 Å². The van der Waals surface area contributed by atoms with Gasteiger partial charge in [0.2, 0.25) is 0 Å². The molecule has 2 aliphatic rings. The van der Waals surface area contributed by atoms with Crippen LogP contribution in [0.1, 0.15) is 51.3 Å². The zero-order valence-corrected chi connectivity index (χ0v) is 20.2. The molecule has 4 atom stereocenters. The Morgan fingerprint density at radius 3 is 2.21 bits per heavy atom. The van der Waals surface area contributed by atoms with Crippen LogP contribution in [0, 0.1) is 5.41 Å². The van der Waals surface area contributed by atoms with E-state index in [0.717, 1.165) is 5.56 Å². The summed E-state index contributed by atoms with van der Waals surface area (Å²) in [5.41, 5.74) is 0.816. The molecule has 2 saturated heterocycles. The third-order valence-electron chi connectivity index (χ3n) is 6.69. The number of carbonyl (C=O) groups is 2. The molecular formula is C27H34N2O4. The third kappa shape index (κ3) is 4.55. The van der Waals surface area contributed by atoms with E-state index in [1.807, 2.05) is 64.1 Å². The van der Waals surface area contributed by atoms with E-state index >= 15 is 0 Å². The maximum Gasteiger partial charge on any atom is 0.323 e. The zero-order chi connectivity index (χ0) is 23.8. The fourth-order valence-corrected chi connectivity index (χ4v) is 5.43. The van der Waals surface area contributed by atoms with Gasteiger partial charge in [0, 0.05) is 19.1 Å². The Balaban J connectivity index is 1.78. The van der Waals surface area contributed by atoms with Gasteiger partial charge in [-0.15, -0.1) is 0 Å². The van der Waals surface area contributed by atoms with E-state index < -0.39 is 17.1 Å². The number of nitrogens with zero attached hydrogens (tertiary/aromatic N) is 2. The van der Waals surface area contributed by atoms with Gasteiger partial charge in [0.1, 0.15) is 11.6 Å². The molecule has 0 aliphatic carbocycles. The molecule has 0 aromatic heterocycles. The highest BCUT2D eigenvalue weighted by molar-refractivity contribution is 5.83. The van der Waals surface area contributed by atoms with Gasteiger partial charge in [-0.05, 0) is 45.2 Å². The Hall–Kier alpha value is -2.70. The standard InChI is InChI=1S/C27H34N2O4/c1-26(2,3)33-23(30)21-16-27(4,25(31)32-5)24-28(17-19-12-8-6-9-13-19)18-22(29(21)24)20-14-10-7-11-15-20/h6-15,21-22,24H,16-18H2,1-5H3/t21-,22+,24-,27+/m0/s1. The number of methoxy groups -OCH3 is 1. The van der Waals surface area contributed by atoms with Crippen molar-refractivity contribution >= 4 is 11.9 Å². The van der Waals surface area contributed by atoms with E-state index in [1.54, 1.807) is 0 Å². The van der Waals surface area contributed by atoms with Crippen LogP contribution in [0.25, 0.3) is 0 Å². The third-order valence-corrected chi connectivity index (χ3v) is 6.69. The first kappa shape index (κ1) is 23.5. The molecule has 0 spiro atoms. The Kier molecular flexibility index (Phi) is 6.34. The Labute approximate surface area is 196 Å². The summed E-state index contributed by atoms with van der Waals surface area (Å²) in [5, 5.41) is 0. The molecule has 6 nitrogen and oxygen atoms in total. The quantitative estimate of drug-likeness (QED) is 0.638. The monoisotopic (exact) mass is 450 g/mol. The van der Waals surface area contributed by atoms with Gasteiger partial charge in [-0.3, -0.25) is 19.4 Å². The van der Waals surface area contributed by atoms with E-state index in [9.17, 15) is 9.59 Å². The Morgan fingerprint density at radius 1 is 1.03 bits per heavy atom. The van der Waals surface area contributed by atoms with E-state index in [1.165, 1.54) is 12.7 Å². The lowest BCUT2D eigenvalue weighted by Gasteiger charge is -2.35. The SMILES string of the molecule is COC(=O)[C@]1(C)C[C@@H](C(=O)OC(C)(C)C)N2[C@@H](c3ccccc3)CN(Cc3ccccc3)[C@@H]21. The first-order valence-electron chi connectivity index (χ1n) is 11.6. The van der Waals surface area contributed by atoms with Gasteiger partial charge in [-0.1, -0.05) is 60.7 Å². The summed E-state index contributed by atoms with van der Waals surface area (Å²) in [6, 6.07) is 19.9. The molecule has 0 unspecified atom stereocenters. The summed E-state index contributed by atoms with van der Waals surface area (Å²) in [7, 11) is 1.42. The molecule has 6 heteroatoms. The van der Waals surface area contributed by atoms with Crippen molar-refractivity contribution in [1.82, 2.24) is 9.80 Å². The summed E-state index contributed by atoms with van der Waals surface area (Å²) in [5.74, 6) is -0.585. The topological polar surface area (TPSA) is 59.1 Å². The molecule has 0 amide bonds. The van der Waals surface area contributed by atoms with Crippen LogP contribution < -0.4 is 0 Å². The average molecular weight is 451 g/mol. The van der Waals surface area contributed by atoms with Gasteiger partial charge in [0.15, 0.2) is 0 Å². The molecule has 2 aromatic rings. The number of ether oxygens (including phenoxy) is 2. The molecule has 0 radical (unpaired) electrons. The predicted molar refractivity (Wildman–Crippen MR) is 126 cm³/mol. The first-order chi connectivity index (χ1) is 15.6. The molecule has 2 aliphatic heterocycles. The van der Waals surface area contributed by atoms with E-state index in [-0.39, 0.29) is 24.1 Å². The number of esters is 2. The van der Waals surface area contributed by atoms with E-state index in [0.29, 0.717) is 19.5 Å². The summed E-state index contributed by atoms with van der Waals surface area (Å²) >= 11 is 0. The summed E-state index contributed by atoms with van der Waals surface area (Å²) < 4.78 is 11.1. The van der Waals surface area contributed by atoms with Crippen molar-refractivity contribution in [3.05, 3.63) is 71.8 Å². The number of rotatable bonds is 5. The molecule has 2 aromatic carbocycles. The van der Waals surface area contributed by atoms with Crippen molar-refractivity contribution in [2.45, 2.75) is 64.5 Å². The molecule has 2 heterocycles. The van der Waals surface area contributed by atoms with Gasteiger partial charge in [-0.25, -0.2) is 0 Å². The highest BCUT2D eigenvalue weighted by Gasteiger charge is 2.64. The average Bonchev–Trinajstić information content (AvgIpc) is 3.31. The smallest absolute Gasteiger partial charge is 0.323 e. The highest BCUT2D eigenvalue weighted by atomic mass is 16.6. The van der Waals surface area contributed by atoms with Crippen molar-refractivity contribution in [2.24, 2.45) is 5.41 Å². The minimum Gasteiger partial charge on any atom is -0.469 e. The lowest BCUT2D eigenvalue weighted by molar-refractivity contribution is -0.161. The highest BCUT2D eigenvalue weighted by Crippen LogP contribution is 2.52. The maximum absolute atomic E-state index is 13.4. The normalized spacial score (nSPS) is 27.8. The molecule has 0 saturated carbocycles. The van der Waals surface area contributed by atoms with Crippen LogP contribution >= 0.6 is 0 Å². The molecule has 0 N–H and O–H groups in total.